The van der Waals surface area contributed by atoms with Crippen LogP contribution < -0.4 is 0 Å². The van der Waals surface area contributed by atoms with Crippen LogP contribution >= 0.6 is 0 Å². The zero-order valence-electron chi connectivity index (χ0n) is 7.82. The fourth-order valence-corrected chi connectivity index (χ4v) is 1.57. The van der Waals surface area contributed by atoms with Crippen LogP contribution in [0.15, 0.2) is 24.5 Å². The number of rotatable bonds is 2. The maximum atomic E-state index is 5.12. The van der Waals surface area contributed by atoms with Crippen LogP contribution in [0.25, 0.3) is 11.0 Å². The average molecular weight is 176 g/mol. The van der Waals surface area contributed by atoms with Gasteiger partial charge in [-0.1, -0.05) is 12.1 Å². The molecular weight excluding hydrogens is 164 g/mol. The molecule has 1 aromatic heterocycles. The van der Waals surface area contributed by atoms with Crippen LogP contribution in [0.2, 0.25) is 0 Å². The summed E-state index contributed by atoms with van der Waals surface area (Å²) in [6.45, 7) is 0.636. The van der Waals surface area contributed by atoms with E-state index in [1.807, 2.05) is 30.1 Å². The molecule has 0 saturated heterocycles. The van der Waals surface area contributed by atoms with Gasteiger partial charge in [0.25, 0.3) is 0 Å². The monoisotopic (exact) mass is 176 g/mol. The Bertz CT molecular complexity index is 420. The number of aryl methyl sites for hydroxylation is 1. The summed E-state index contributed by atoms with van der Waals surface area (Å²) in [6.07, 6.45) is 1.82. The average Bonchev–Trinajstić information content (AvgIpc) is 2.50. The van der Waals surface area contributed by atoms with Gasteiger partial charge in [0.2, 0.25) is 0 Å². The van der Waals surface area contributed by atoms with Crippen molar-refractivity contribution >= 4 is 11.0 Å². The number of benzene rings is 1. The van der Waals surface area contributed by atoms with E-state index >= 15 is 0 Å². The third kappa shape index (κ3) is 1.31. The molecule has 0 spiro atoms. The number of para-hydroxylation sites is 1. The molecule has 2 rings (SSSR count). The minimum Gasteiger partial charge on any atom is -0.380 e. The fraction of sp³-hybridized carbons (Fsp3) is 0.300. The zero-order valence-corrected chi connectivity index (χ0v) is 7.82. The molecule has 0 saturated carbocycles. The van der Waals surface area contributed by atoms with E-state index in [2.05, 4.69) is 11.1 Å². The number of fused-ring (bicyclic) bond motifs is 1. The van der Waals surface area contributed by atoms with Crippen LogP contribution in [0.4, 0.5) is 0 Å². The Hall–Kier alpha value is -1.35. The molecule has 3 heteroatoms. The lowest BCUT2D eigenvalue weighted by molar-refractivity contribution is 0.185. The molecule has 2 aromatic rings. The highest BCUT2D eigenvalue weighted by Crippen LogP contribution is 2.17. The van der Waals surface area contributed by atoms with E-state index < -0.39 is 0 Å². The van der Waals surface area contributed by atoms with Crippen molar-refractivity contribution in [2.24, 2.45) is 7.05 Å². The largest absolute Gasteiger partial charge is 0.380 e. The van der Waals surface area contributed by atoms with Crippen LogP contribution in [0, 0.1) is 0 Å². The molecule has 0 atom stereocenters. The van der Waals surface area contributed by atoms with Gasteiger partial charge in [-0.3, -0.25) is 0 Å². The Labute approximate surface area is 77.0 Å². The highest BCUT2D eigenvalue weighted by molar-refractivity contribution is 5.78. The maximum absolute atomic E-state index is 5.12. The van der Waals surface area contributed by atoms with Crippen LogP contribution in [0.1, 0.15) is 5.56 Å². The molecule has 0 fully saturated rings. The minimum atomic E-state index is 0.636. The van der Waals surface area contributed by atoms with Gasteiger partial charge in [-0.25, -0.2) is 4.98 Å². The van der Waals surface area contributed by atoms with Gasteiger partial charge in [0.1, 0.15) is 0 Å². The van der Waals surface area contributed by atoms with E-state index in [0.717, 1.165) is 11.0 Å². The van der Waals surface area contributed by atoms with Gasteiger partial charge in [0, 0.05) is 19.7 Å². The lowest BCUT2D eigenvalue weighted by atomic mass is 10.2. The second-order valence-corrected chi connectivity index (χ2v) is 3.07. The summed E-state index contributed by atoms with van der Waals surface area (Å²) in [5.41, 5.74) is 3.36. The third-order valence-corrected chi connectivity index (χ3v) is 2.12. The second kappa shape index (κ2) is 3.18. The fourth-order valence-electron chi connectivity index (χ4n) is 1.57. The van der Waals surface area contributed by atoms with Gasteiger partial charge in [-0.2, -0.15) is 0 Å². The van der Waals surface area contributed by atoms with Gasteiger partial charge in [-0.15, -0.1) is 0 Å². The summed E-state index contributed by atoms with van der Waals surface area (Å²) in [5.74, 6) is 0. The van der Waals surface area contributed by atoms with E-state index in [4.69, 9.17) is 4.74 Å². The predicted octanol–water partition coefficient (Wildman–Crippen LogP) is 1.72. The Kier molecular flexibility index (Phi) is 2.02. The quantitative estimate of drug-likeness (QED) is 0.696. The number of hydrogen-bond donors (Lipinski definition) is 0. The predicted molar refractivity (Wildman–Crippen MR) is 51.4 cm³/mol. The van der Waals surface area contributed by atoms with Crippen LogP contribution in [0.5, 0.6) is 0 Å². The first kappa shape index (κ1) is 8.26. The summed E-state index contributed by atoms with van der Waals surface area (Å²) in [7, 11) is 3.70. The molecule has 0 aliphatic heterocycles. The van der Waals surface area contributed by atoms with Crippen LogP contribution in [0.3, 0.4) is 0 Å². The lowest BCUT2D eigenvalue weighted by Gasteiger charge is -2.02. The molecule has 13 heavy (non-hydrogen) atoms. The molecule has 3 nitrogen and oxygen atoms in total. The number of ether oxygens (including phenoxy) is 1. The van der Waals surface area contributed by atoms with Gasteiger partial charge < -0.3 is 9.30 Å². The SMILES string of the molecule is COCc1cccc2ncn(C)c12. The van der Waals surface area contributed by atoms with Crippen molar-refractivity contribution in [2.45, 2.75) is 6.61 Å². The Balaban J connectivity index is 2.65. The minimum absolute atomic E-state index is 0.636. The van der Waals surface area contributed by atoms with Gasteiger partial charge in [0.15, 0.2) is 0 Å². The summed E-state index contributed by atoms with van der Waals surface area (Å²) < 4.78 is 7.14. The summed E-state index contributed by atoms with van der Waals surface area (Å²) >= 11 is 0. The topological polar surface area (TPSA) is 27.1 Å². The summed E-state index contributed by atoms with van der Waals surface area (Å²) in [6, 6.07) is 6.08. The Morgan fingerprint density at radius 1 is 1.46 bits per heavy atom. The van der Waals surface area contributed by atoms with Gasteiger partial charge in [-0.05, 0) is 6.07 Å². The third-order valence-electron chi connectivity index (χ3n) is 2.12. The van der Waals surface area contributed by atoms with Crippen molar-refractivity contribution in [3.05, 3.63) is 30.1 Å². The van der Waals surface area contributed by atoms with E-state index in [1.54, 1.807) is 7.11 Å². The normalized spacial score (nSPS) is 10.9. The molecule has 0 N–H and O–H groups in total. The molecular formula is C10H12N2O. The van der Waals surface area contributed by atoms with Crippen molar-refractivity contribution in [2.75, 3.05) is 7.11 Å². The molecule has 0 radical (unpaired) electrons. The van der Waals surface area contributed by atoms with Crippen LogP contribution in [-0.2, 0) is 18.4 Å². The van der Waals surface area contributed by atoms with E-state index in [9.17, 15) is 0 Å². The van der Waals surface area contributed by atoms with Gasteiger partial charge in [0.05, 0.1) is 24.0 Å². The molecule has 0 aliphatic rings. The van der Waals surface area contributed by atoms with Gasteiger partial charge >= 0.3 is 0 Å². The highest BCUT2D eigenvalue weighted by Gasteiger charge is 2.04. The first-order valence-corrected chi connectivity index (χ1v) is 4.21. The van der Waals surface area contributed by atoms with E-state index in [1.165, 1.54) is 5.56 Å². The van der Waals surface area contributed by atoms with Crippen molar-refractivity contribution in [3.63, 3.8) is 0 Å². The molecule has 1 aromatic carbocycles. The standard InChI is InChI=1S/C10H12N2O/c1-12-7-11-9-5-3-4-8(6-13-2)10(9)12/h3-5,7H,6H2,1-2H3. The van der Waals surface area contributed by atoms with Crippen molar-refractivity contribution in [1.82, 2.24) is 9.55 Å². The number of imidazole rings is 1. The first-order chi connectivity index (χ1) is 6.33. The molecule has 0 aliphatic carbocycles. The first-order valence-electron chi connectivity index (χ1n) is 4.21. The van der Waals surface area contributed by atoms with E-state index in [-0.39, 0.29) is 0 Å². The molecule has 68 valence electrons. The smallest absolute Gasteiger partial charge is 0.0955 e. The van der Waals surface area contributed by atoms with Crippen molar-refractivity contribution in [1.29, 1.82) is 0 Å². The molecule has 1 heterocycles. The number of hydrogen-bond acceptors (Lipinski definition) is 2. The molecule has 0 amide bonds. The summed E-state index contributed by atoms with van der Waals surface area (Å²) in [5, 5.41) is 0. The van der Waals surface area contributed by atoms with Crippen LogP contribution in [-0.4, -0.2) is 16.7 Å². The Morgan fingerprint density at radius 3 is 3.08 bits per heavy atom. The molecule has 0 unspecified atom stereocenters. The van der Waals surface area contributed by atoms with Crippen molar-refractivity contribution in [3.8, 4) is 0 Å². The number of aromatic nitrogens is 2. The number of nitrogens with zero attached hydrogens (tertiary/aromatic N) is 2. The maximum Gasteiger partial charge on any atom is 0.0955 e. The molecule has 0 bridgehead atoms. The summed E-state index contributed by atoms with van der Waals surface area (Å²) in [4.78, 5) is 4.27. The Morgan fingerprint density at radius 2 is 2.31 bits per heavy atom. The highest BCUT2D eigenvalue weighted by atomic mass is 16.5. The van der Waals surface area contributed by atoms with E-state index in [0.29, 0.717) is 6.61 Å². The number of methoxy groups -OCH3 is 1. The second-order valence-electron chi connectivity index (χ2n) is 3.07. The lowest BCUT2D eigenvalue weighted by Crippen LogP contribution is -1.93. The zero-order chi connectivity index (χ0) is 9.26. The van der Waals surface area contributed by atoms with Crippen molar-refractivity contribution < 1.29 is 4.74 Å².